The summed E-state index contributed by atoms with van der Waals surface area (Å²) in [5.41, 5.74) is 4.78. The van der Waals surface area contributed by atoms with Gasteiger partial charge in [-0.3, -0.25) is 9.78 Å². The average molecular weight is 421 g/mol. The number of aromatic nitrogens is 1. The van der Waals surface area contributed by atoms with Crippen LogP contribution in [0.25, 0.3) is 10.9 Å². The molecular weight excluding hydrogens is 388 g/mol. The fourth-order valence-corrected chi connectivity index (χ4v) is 4.69. The molecule has 1 aromatic carbocycles. The summed E-state index contributed by atoms with van der Waals surface area (Å²) in [5, 5.41) is 3.73. The van der Waals surface area contributed by atoms with E-state index in [1.807, 2.05) is 24.3 Å². The van der Waals surface area contributed by atoms with Crippen LogP contribution in [0.3, 0.4) is 0 Å². The molecule has 2 aliphatic rings. The molecule has 0 bridgehead atoms. The summed E-state index contributed by atoms with van der Waals surface area (Å²) in [4.78, 5) is 30.6. The highest BCUT2D eigenvalue weighted by atomic mass is 16.5. The molecule has 0 unspecified atom stereocenters. The van der Waals surface area contributed by atoms with Crippen LogP contribution in [0.1, 0.15) is 74.0 Å². The van der Waals surface area contributed by atoms with Crippen molar-refractivity contribution >= 4 is 22.8 Å². The Morgan fingerprint density at radius 1 is 1.23 bits per heavy atom. The summed E-state index contributed by atoms with van der Waals surface area (Å²) in [6.45, 7) is 4.42. The maximum atomic E-state index is 13.2. The van der Waals surface area contributed by atoms with Gasteiger partial charge in [0, 0.05) is 17.6 Å². The first-order chi connectivity index (χ1) is 15.0. The molecule has 1 N–H and O–H groups in total. The molecule has 5 nitrogen and oxygen atoms in total. The summed E-state index contributed by atoms with van der Waals surface area (Å²) in [5.74, 6) is -0.177. The third-order valence-corrected chi connectivity index (χ3v) is 6.49. The van der Waals surface area contributed by atoms with Gasteiger partial charge in [0.1, 0.15) is 0 Å². The highest BCUT2D eigenvalue weighted by molar-refractivity contribution is 6.05. The molecule has 4 rings (SSSR count). The maximum absolute atomic E-state index is 13.2. The van der Waals surface area contributed by atoms with Crippen LogP contribution in [-0.2, 0) is 22.4 Å². The van der Waals surface area contributed by atoms with E-state index >= 15 is 0 Å². The fraction of sp³-hybridized carbons (Fsp3) is 0.500. The number of para-hydroxylation sites is 1. The number of hydrogen-bond donors (Lipinski definition) is 1. The van der Waals surface area contributed by atoms with Gasteiger partial charge in [-0.15, -0.1) is 0 Å². The Balaban J connectivity index is 1.47. The summed E-state index contributed by atoms with van der Waals surface area (Å²) >= 11 is 0. The molecule has 2 aliphatic carbocycles. The first-order valence-corrected chi connectivity index (χ1v) is 11.6. The number of hydrogen-bond acceptors (Lipinski definition) is 4. The van der Waals surface area contributed by atoms with E-state index in [1.165, 1.54) is 18.4 Å². The minimum Gasteiger partial charge on any atom is -0.449 e. The molecule has 0 spiro atoms. The van der Waals surface area contributed by atoms with Gasteiger partial charge in [0.15, 0.2) is 6.10 Å². The van der Waals surface area contributed by atoms with Crippen molar-refractivity contribution in [2.75, 3.05) is 6.54 Å². The lowest BCUT2D eigenvalue weighted by Crippen LogP contribution is -2.36. The summed E-state index contributed by atoms with van der Waals surface area (Å²) in [7, 11) is 0. The molecule has 0 saturated heterocycles. The van der Waals surface area contributed by atoms with Crippen LogP contribution >= 0.6 is 0 Å². The fourth-order valence-electron chi connectivity index (χ4n) is 4.69. The van der Waals surface area contributed by atoms with Gasteiger partial charge >= 0.3 is 5.97 Å². The lowest BCUT2D eigenvalue weighted by molar-refractivity contribution is -0.129. The summed E-state index contributed by atoms with van der Waals surface area (Å²) in [6, 6.07) is 7.69. The second kappa shape index (κ2) is 9.63. The molecule has 0 fully saturated rings. The second-order valence-corrected chi connectivity index (χ2v) is 8.97. The number of esters is 1. The Morgan fingerprint density at radius 2 is 2.06 bits per heavy atom. The van der Waals surface area contributed by atoms with Crippen molar-refractivity contribution < 1.29 is 14.3 Å². The molecule has 5 heteroatoms. The molecule has 2 atom stereocenters. The minimum absolute atomic E-state index is 0.245. The van der Waals surface area contributed by atoms with Crippen LogP contribution < -0.4 is 5.32 Å². The third-order valence-electron chi connectivity index (χ3n) is 6.49. The minimum atomic E-state index is -0.837. The zero-order valence-electron chi connectivity index (χ0n) is 18.6. The number of carbonyl (C=O) groups is 2. The van der Waals surface area contributed by atoms with E-state index in [-0.39, 0.29) is 5.91 Å². The molecular formula is C26H32N2O3. The lowest BCUT2D eigenvalue weighted by Gasteiger charge is -2.24. The number of aryl methyl sites for hydroxylation is 1. The Bertz CT molecular complexity index is 1010. The molecule has 0 aliphatic heterocycles. The average Bonchev–Trinajstić information content (AvgIpc) is 2.78. The van der Waals surface area contributed by atoms with Crippen molar-refractivity contribution in [1.82, 2.24) is 10.3 Å². The molecule has 164 valence electrons. The molecule has 31 heavy (non-hydrogen) atoms. The highest BCUT2D eigenvalue weighted by Gasteiger charge is 2.28. The van der Waals surface area contributed by atoms with E-state index in [9.17, 15) is 9.59 Å². The SMILES string of the molecule is C[C@@H]1CCc2nc3ccccc3c(C(=O)O[C@H](C)C(=O)NCCC3=CCCCC3)c2C1. The number of carbonyl (C=O) groups excluding carboxylic acids is 2. The number of nitrogens with zero attached hydrogens (tertiary/aromatic N) is 1. The van der Waals surface area contributed by atoms with Crippen molar-refractivity contribution in [1.29, 1.82) is 0 Å². The van der Waals surface area contributed by atoms with Gasteiger partial charge in [0.25, 0.3) is 5.91 Å². The topological polar surface area (TPSA) is 68.3 Å². The summed E-state index contributed by atoms with van der Waals surface area (Å²) < 4.78 is 5.66. The van der Waals surface area contributed by atoms with E-state index in [0.717, 1.165) is 60.7 Å². The smallest absolute Gasteiger partial charge is 0.339 e. The van der Waals surface area contributed by atoms with Crippen molar-refractivity contribution in [3.8, 4) is 0 Å². The third kappa shape index (κ3) is 4.97. The number of pyridine rings is 1. The number of fused-ring (bicyclic) bond motifs is 2. The van der Waals surface area contributed by atoms with Crippen LogP contribution in [0, 0.1) is 5.92 Å². The lowest BCUT2D eigenvalue weighted by atomic mass is 9.84. The second-order valence-electron chi connectivity index (χ2n) is 8.97. The van der Waals surface area contributed by atoms with Gasteiger partial charge in [0.2, 0.25) is 0 Å². The van der Waals surface area contributed by atoms with E-state index in [4.69, 9.17) is 9.72 Å². The first kappa shape index (κ1) is 21.5. The molecule has 1 aromatic heterocycles. The van der Waals surface area contributed by atoms with Gasteiger partial charge in [-0.05, 0) is 75.8 Å². The Hall–Kier alpha value is -2.69. The van der Waals surface area contributed by atoms with Crippen molar-refractivity contribution in [3.05, 3.63) is 52.7 Å². The quantitative estimate of drug-likeness (QED) is 0.532. The molecule has 0 radical (unpaired) electrons. The first-order valence-electron chi connectivity index (χ1n) is 11.6. The standard InChI is InChI=1S/C26H32N2O3/c1-17-12-13-23-21(16-17)24(20-10-6-7-11-22(20)28-23)26(30)31-18(2)25(29)27-15-14-19-8-4-3-5-9-19/h6-8,10-11,17-18H,3-5,9,12-16H2,1-2H3,(H,27,29)/t17-,18-/m1/s1. The van der Waals surface area contributed by atoms with Crippen LogP contribution in [0.5, 0.6) is 0 Å². The largest absolute Gasteiger partial charge is 0.449 e. The van der Waals surface area contributed by atoms with Crippen molar-refractivity contribution in [3.63, 3.8) is 0 Å². The summed E-state index contributed by atoms with van der Waals surface area (Å²) in [6.07, 6.45) is 9.83. The number of rotatable bonds is 6. The maximum Gasteiger partial charge on any atom is 0.339 e. The number of amides is 1. The predicted octanol–water partition coefficient (Wildman–Crippen LogP) is 4.91. The van der Waals surface area contributed by atoms with Gasteiger partial charge in [-0.25, -0.2) is 4.79 Å². The van der Waals surface area contributed by atoms with Crippen LogP contribution in [0.15, 0.2) is 35.9 Å². The van der Waals surface area contributed by atoms with E-state index in [1.54, 1.807) is 6.92 Å². The van der Waals surface area contributed by atoms with Crippen molar-refractivity contribution in [2.24, 2.45) is 5.92 Å². The number of benzene rings is 1. The Labute approximate surface area is 184 Å². The number of nitrogens with one attached hydrogen (secondary N) is 1. The van der Waals surface area contributed by atoms with Crippen LogP contribution in [0.4, 0.5) is 0 Å². The number of ether oxygens (including phenoxy) is 1. The van der Waals surface area contributed by atoms with Gasteiger partial charge in [-0.2, -0.15) is 0 Å². The zero-order chi connectivity index (χ0) is 21.8. The van der Waals surface area contributed by atoms with Crippen LogP contribution in [-0.4, -0.2) is 29.5 Å². The Morgan fingerprint density at radius 3 is 2.87 bits per heavy atom. The van der Waals surface area contributed by atoms with Crippen LogP contribution in [0.2, 0.25) is 0 Å². The van der Waals surface area contributed by atoms with Crippen molar-refractivity contribution in [2.45, 2.75) is 71.3 Å². The van der Waals surface area contributed by atoms with Gasteiger partial charge < -0.3 is 10.1 Å². The zero-order valence-corrected chi connectivity index (χ0v) is 18.6. The van der Waals surface area contributed by atoms with Gasteiger partial charge in [-0.1, -0.05) is 36.8 Å². The number of allylic oxidation sites excluding steroid dienone is 1. The molecule has 0 saturated carbocycles. The molecule has 2 aromatic rings. The Kier molecular flexibility index (Phi) is 6.69. The molecule has 1 heterocycles. The van der Waals surface area contributed by atoms with E-state index in [2.05, 4.69) is 18.3 Å². The highest BCUT2D eigenvalue weighted by Crippen LogP contribution is 2.32. The monoisotopic (exact) mass is 420 g/mol. The predicted molar refractivity (Wildman–Crippen MR) is 122 cm³/mol. The molecule has 1 amide bonds. The normalized spacial score (nSPS) is 19.3. The van der Waals surface area contributed by atoms with E-state index < -0.39 is 12.1 Å². The van der Waals surface area contributed by atoms with E-state index in [0.29, 0.717) is 18.0 Å². The van der Waals surface area contributed by atoms with Gasteiger partial charge in [0.05, 0.1) is 11.1 Å².